The van der Waals surface area contributed by atoms with E-state index in [4.69, 9.17) is 20.5 Å². The number of aliphatic carboxylic acids is 2. The van der Waals surface area contributed by atoms with Gasteiger partial charge in [0.15, 0.2) is 23.1 Å². The van der Waals surface area contributed by atoms with Crippen LogP contribution >= 0.6 is 19.4 Å². The Balaban J connectivity index is 1.24. The van der Waals surface area contributed by atoms with Gasteiger partial charge in [-0.1, -0.05) is 48.9 Å². The van der Waals surface area contributed by atoms with Crippen molar-refractivity contribution < 1.29 is 105 Å². The molecule has 0 aromatic heterocycles. The Hall–Kier alpha value is -9.73. The molecule has 31 nitrogen and oxygen atoms in total. The largest absolute Gasteiger partial charge is 0.508 e. The molecule has 5 aromatic rings. The Labute approximate surface area is 642 Å². The number of phenols is 1. The molecule has 110 heavy (non-hydrogen) atoms. The molecule has 0 aliphatic carbocycles. The van der Waals surface area contributed by atoms with Crippen LogP contribution in [0.2, 0.25) is 0 Å². The number of benzene rings is 5. The van der Waals surface area contributed by atoms with Crippen LogP contribution in [0.4, 0.5) is 17.1 Å². The number of aryl methyl sites for hydroxylation is 1. The number of aliphatic hydroxyl groups excluding tert-OH is 1. The zero-order valence-electron chi connectivity index (χ0n) is 61.6. The van der Waals surface area contributed by atoms with Crippen molar-refractivity contribution in [3.05, 3.63) is 137 Å². The number of unbranched alkanes of at least 4 members (excludes halogenated alkanes) is 1. The molecule has 0 bridgehead atoms. The van der Waals surface area contributed by atoms with Crippen molar-refractivity contribution in [3.63, 3.8) is 0 Å². The Morgan fingerprint density at radius 2 is 1.25 bits per heavy atom. The number of ketones is 5. The number of nitrogens with zero attached hydrogens (tertiary/aromatic N) is 3. The highest BCUT2D eigenvalue weighted by molar-refractivity contribution is 8.02. The number of fused-ring (bicyclic) bond motifs is 1. The molecule has 1 unspecified atom stereocenters. The van der Waals surface area contributed by atoms with Crippen LogP contribution in [0.25, 0.3) is 10.8 Å². The van der Waals surface area contributed by atoms with Gasteiger partial charge in [-0.15, -0.1) is 11.8 Å². The van der Waals surface area contributed by atoms with Crippen molar-refractivity contribution in [1.82, 2.24) is 21.3 Å². The zero-order chi connectivity index (χ0) is 80.9. The van der Waals surface area contributed by atoms with Crippen LogP contribution in [0.3, 0.4) is 0 Å². The lowest BCUT2D eigenvalue weighted by Gasteiger charge is -2.25. The molecular formula is C76H98N9O22PS2. The zero-order valence-corrected chi connectivity index (χ0v) is 64.2. The van der Waals surface area contributed by atoms with Gasteiger partial charge < -0.3 is 67.1 Å². The van der Waals surface area contributed by atoms with Crippen molar-refractivity contribution in [2.45, 2.75) is 139 Å². The molecule has 0 aliphatic heterocycles. The fourth-order valence-corrected chi connectivity index (χ4v) is 14.8. The van der Waals surface area contributed by atoms with Crippen LogP contribution in [0, 0.1) is 23.7 Å². The van der Waals surface area contributed by atoms with Gasteiger partial charge in [-0.3, -0.25) is 66.7 Å². The second-order valence-corrected chi connectivity index (χ2v) is 30.6. The summed E-state index contributed by atoms with van der Waals surface area (Å²) in [6, 6.07) is 25.3. The molecule has 0 fully saturated rings. The molecule has 0 heterocycles. The Morgan fingerprint density at radius 1 is 0.636 bits per heavy atom. The smallest absolute Gasteiger partial charge is 0.354 e. The Bertz CT molecular complexity index is 4220. The number of hydrogen-bond acceptors (Lipinski definition) is 24. The van der Waals surface area contributed by atoms with Crippen LogP contribution in [-0.2, 0) is 89.3 Å². The summed E-state index contributed by atoms with van der Waals surface area (Å²) >= 11 is 0.936. The van der Waals surface area contributed by atoms with E-state index in [1.165, 1.54) is 53.9 Å². The van der Waals surface area contributed by atoms with Crippen LogP contribution in [0.5, 0.6) is 5.75 Å². The minimum Gasteiger partial charge on any atom is -0.508 e. The standard InChI is InChI=1S/C76H98N9O22PS2/c1-4-106-108(102,107-38-10-14-59(87)31-33-70(93)79-37-9-13-50-12-7-16-63-62(50)15-8-17-69(63)110(103,104)105)39-40-109-48-55(45-66(90)51-20-23-56(24-21-51)83-84-57-25-27-58(28-26-57)85(2)3)74(99)80-46-61(89)42-53(22-34-71(94)95)75(100)82-65(47-86)68(92)44-54(41-49-18-29-60(88)30-19-49)76(101)81-64(32-35-72(96)97)67(91)43-52(73(78)98)11-5-6-36-77/h7-8,12,15-21,23-30,39-40,52-55,64-65,86,88H,4-6,9-11,13-14,22,31-38,41-48,77H2,1-3H3,(H2,78,98)(H,79,93)(H,80,99)(H,81,101)(H,82,100)(H,94,95)(H,96,97)(H,103,104,105)/t52-,53-,54-,55+,64+,65+,108?/m1/s1. The van der Waals surface area contributed by atoms with Gasteiger partial charge in [0.2, 0.25) is 29.5 Å². The lowest BCUT2D eigenvalue weighted by atomic mass is 9.89. The van der Waals surface area contributed by atoms with Crippen molar-refractivity contribution in [2.24, 2.45) is 45.4 Å². The van der Waals surface area contributed by atoms with Crippen molar-refractivity contribution >= 4 is 128 Å². The number of carbonyl (C=O) groups excluding carboxylic acids is 10. The summed E-state index contributed by atoms with van der Waals surface area (Å²) in [6.07, 6.45) is -2.74. The first kappa shape index (κ1) is 90.9. The highest BCUT2D eigenvalue weighted by Crippen LogP contribution is 2.50. The van der Waals surface area contributed by atoms with Gasteiger partial charge in [-0.2, -0.15) is 18.6 Å². The third kappa shape index (κ3) is 32.5. The van der Waals surface area contributed by atoms with E-state index in [1.54, 1.807) is 49.4 Å². The number of carboxylic acid groups (broad SMARTS) is 2. The summed E-state index contributed by atoms with van der Waals surface area (Å²) in [4.78, 5) is 161. The van der Waals surface area contributed by atoms with Crippen LogP contribution < -0.4 is 37.6 Å². The number of nitrogens with two attached hydrogens (primary N) is 2. The number of aliphatic hydroxyl groups is 1. The number of rotatable bonds is 54. The van der Waals surface area contributed by atoms with E-state index in [1.807, 2.05) is 37.2 Å². The lowest BCUT2D eigenvalue weighted by Crippen LogP contribution is -2.49. The summed E-state index contributed by atoms with van der Waals surface area (Å²) in [5.41, 5.74) is 14.5. The molecule has 0 aliphatic rings. The maximum absolute atomic E-state index is 14.2. The first-order chi connectivity index (χ1) is 52.3. The van der Waals surface area contributed by atoms with Gasteiger partial charge in [0.05, 0.1) is 49.7 Å². The molecule has 5 aromatic carbocycles. The highest BCUT2D eigenvalue weighted by Gasteiger charge is 2.35. The number of anilines is 1. The van der Waals surface area contributed by atoms with E-state index < -0.39 is 177 Å². The molecule has 0 saturated carbocycles. The van der Waals surface area contributed by atoms with E-state index in [0.717, 1.165) is 28.8 Å². The number of amides is 5. The van der Waals surface area contributed by atoms with Crippen LogP contribution in [-0.4, -0.2) is 175 Å². The third-order valence-electron chi connectivity index (χ3n) is 17.6. The number of hydrogen-bond donors (Lipinski definition) is 11. The van der Waals surface area contributed by atoms with Gasteiger partial charge in [0.25, 0.3) is 10.1 Å². The third-order valence-corrected chi connectivity index (χ3v) is 21.3. The fraction of sp³-hybridized carbons (Fsp3) is 0.447. The topological polar surface area (TPSA) is 504 Å². The predicted molar refractivity (Wildman–Crippen MR) is 410 cm³/mol. The number of primary amides is 1. The van der Waals surface area contributed by atoms with Crippen molar-refractivity contribution in [1.29, 1.82) is 0 Å². The normalized spacial score (nSPS) is 13.8. The summed E-state index contributed by atoms with van der Waals surface area (Å²) in [7, 11) is -4.67. The molecule has 34 heteroatoms. The minimum atomic E-state index is -4.45. The maximum Gasteiger partial charge on any atom is 0.354 e. The van der Waals surface area contributed by atoms with E-state index >= 15 is 0 Å². The molecule has 0 saturated heterocycles. The molecule has 5 amide bonds. The van der Waals surface area contributed by atoms with Crippen LogP contribution in [0.15, 0.2) is 136 Å². The average molecular weight is 1580 g/mol. The van der Waals surface area contributed by atoms with Gasteiger partial charge in [-0.05, 0) is 153 Å². The maximum atomic E-state index is 14.2. The van der Waals surface area contributed by atoms with E-state index in [2.05, 4.69) is 31.5 Å². The first-order valence-corrected chi connectivity index (χ1v) is 40.0. The van der Waals surface area contributed by atoms with Gasteiger partial charge in [0.1, 0.15) is 22.5 Å². The number of phenolic OH excluding ortho intramolecular Hbond substituents is 1. The molecule has 5 rings (SSSR count). The van der Waals surface area contributed by atoms with Gasteiger partial charge in [0, 0.05) is 124 Å². The van der Waals surface area contributed by atoms with Crippen LogP contribution in [0.1, 0.15) is 131 Å². The summed E-state index contributed by atoms with van der Waals surface area (Å²) in [5.74, 6) is -14.2. The number of aromatic hydroxyl groups is 1. The number of Topliss-reactive ketones (excluding diaryl/α,β-unsaturated/α-hetero) is 5. The predicted octanol–water partition coefficient (Wildman–Crippen LogP) is 8.18. The molecule has 0 radical (unpaired) electrons. The van der Waals surface area contributed by atoms with Gasteiger partial charge in [-0.25, -0.2) is 0 Å². The second-order valence-electron chi connectivity index (χ2n) is 26.3. The highest BCUT2D eigenvalue weighted by atomic mass is 32.2. The quantitative estimate of drug-likeness (QED) is 0.00574. The lowest BCUT2D eigenvalue weighted by molar-refractivity contribution is -0.139. The summed E-state index contributed by atoms with van der Waals surface area (Å²) in [6.45, 7) is 0.0515. The minimum absolute atomic E-state index is 0.0259. The number of nitrogens with one attached hydrogen (secondary N) is 4. The summed E-state index contributed by atoms with van der Waals surface area (Å²) in [5, 5.41) is 60.8. The molecule has 13 N–H and O–H groups in total. The SMILES string of the molecule is CCOP(=O)(C=CSC[C@H](CC(=O)c1ccc(N=Nc2ccc(N(C)C)cc2)cc1)C(=O)NCC(=O)C[C@@H](CCC(=O)O)C(=O)N[C@@H](CO)C(=O)C[C@@H](Cc1ccc(O)cc1)C(=O)N[C@@H](CCC(=O)O)C(=O)C[C@@H](CCCCN)C(N)=O)OCCCC(=O)CCC(=O)NCCCc1cccc2c(S(=O)(=O)O)cccc12. The number of carbonyl (C=O) groups is 12. The Morgan fingerprint density at radius 3 is 1.88 bits per heavy atom. The molecular weight excluding hydrogens is 1490 g/mol. The van der Waals surface area contributed by atoms with E-state index in [9.17, 15) is 95.5 Å². The molecule has 596 valence electrons. The first-order valence-electron chi connectivity index (χ1n) is 35.9. The number of thioether (sulfide) groups is 1. The van der Waals surface area contributed by atoms with E-state index in [0.29, 0.717) is 59.9 Å². The number of carboxylic acids is 2. The monoisotopic (exact) mass is 1580 g/mol. The van der Waals surface area contributed by atoms with Crippen molar-refractivity contribution in [2.75, 3.05) is 64.2 Å². The second kappa shape index (κ2) is 46.7. The fourth-order valence-electron chi connectivity index (χ4n) is 11.5. The van der Waals surface area contributed by atoms with Gasteiger partial charge >= 0.3 is 19.5 Å². The van der Waals surface area contributed by atoms with E-state index in [-0.39, 0.29) is 91.9 Å². The van der Waals surface area contributed by atoms with Crippen molar-refractivity contribution in [3.8, 4) is 5.75 Å². The molecule has 0 spiro atoms. The Kier molecular flexibility index (Phi) is 38.6. The number of azo groups is 1. The molecule has 7 atom stereocenters. The summed E-state index contributed by atoms with van der Waals surface area (Å²) < 4.78 is 58.5. The average Bonchev–Trinajstić information content (AvgIpc) is 0.789.